The number of nitrogens with two attached hydrogens (primary N) is 1. The molecule has 0 saturated heterocycles. The maximum Gasteiger partial charge on any atom is 0.131 e. The lowest BCUT2D eigenvalue weighted by molar-refractivity contribution is 0.816. The number of imidazole rings is 1. The van der Waals surface area contributed by atoms with E-state index in [2.05, 4.69) is 31.2 Å². The van der Waals surface area contributed by atoms with Crippen LogP contribution in [0.5, 0.6) is 0 Å². The first-order valence-corrected chi connectivity index (χ1v) is 6.62. The van der Waals surface area contributed by atoms with Crippen molar-refractivity contribution in [2.24, 2.45) is 7.05 Å². The molecule has 3 rings (SSSR count). The maximum absolute atomic E-state index is 6.20. The first-order valence-electron chi connectivity index (χ1n) is 6.62. The van der Waals surface area contributed by atoms with Gasteiger partial charge in [0.15, 0.2) is 0 Å². The van der Waals surface area contributed by atoms with Crippen molar-refractivity contribution in [3.63, 3.8) is 0 Å². The molecule has 0 radical (unpaired) electrons. The van der Waals surface area contributed by atoms with Crippen molar-refractivity contribution in [1.29, 1.82) is 0 Å². The molecule has 3 nitrogen and oxygen atoms in total. The van der Waals surface area contributed by atoms with Crippen LogP contribution in [0.2, 0.25) is 0 Å². The zero-order valence-electron chi connectivity index (χ0n) is 11.0. The Morgan fingerprint density at radius 1 is 1.33 bits per heavy atom. The van der Waals surface area contributed by atoms with Gasteiger partial charge in [-0.3, -0.25) is 0 Å². The summed E-state index contributed by atoms with van der Waals surface area (Å²) in [7, 11) is 1.99. The summed E-state index contributed by atoms with van der Waals surface area (Å²) in [5.41, 5.74) is 9.78. The topological polar surface area (TPSA) is 43.8 Å². The second-order valence-electron chi connectivity index (χ2n) is 5.04. The number of nitrogen functional groups attached to an aromatic ring is 1. The number of aryl methyl sites for hydroxylation is 1. The van der Waals surface area contributed by atoms with Gasteiger partial charge in [0.25, 0.3) is 0 Å². The van der Waals surface area contributed by atoms with E-state index in [0.29, 0.717) is 5.92 Å². The summed E-state index contributed by atoms with van der Waals surface area (Å²) in [5.74, 6) is 2.54. The third kappa shape index (κ3) is 1.70. The molecule has 0 amide bonds. The molecule has 94 valence electrons. The lowest BCUT2D eigenvalue weighted by atomic mass is 10.0. The number of hydrogen-bond donors (Lipinski definition) is 1. The Morgan fingerprint density at radius 3 is 2.67 bits per heavy atom. The first-order chi connectivity index (χ1) is 8.72. The quantitative estimate of drug-likeness (QED) is 0.897. The zero-order chi connectivity index (χ0) is 12.7. The molecule has 1 heterocycles. The molecule has 2 aromatic rings. The molecular formula is C15H19N3. The lowest BCUT2D eigenvalue weighted by Crippen LogP contribution is -2.00. The van der Waals surface area contributed by atoms with Gasteiger partial charge in [-0.05, 0) is 24.3 Å². The summed E-state index contributed by atoms with van der Waals surface area (Å²) in [4.78, 5) is 4.71. The molecule has 0 bridgehead atoms. The normalized spacial score (nSPS) is 15.0. The molecule has 1 saturated carbocycles. The molecule has 0 unspecified atom stereocenters. The highest BCUT2D eigenvalue weighted by molar-refractivity contribution is 5.74. The van der Waals surface area contributed by atoms with Gasteiger partial charge >= 0.3 is 0 Å². The number of nitrogens with zero attached hydrogens (tertiary/aromatic N) is 2. The second-order valence-corrected chi connectivity index (χ2v) is 5.04. The van der Waals surface area contributed by atoms with Crippen LogP contribution < -0.4 is 5.73 Å². The van der Waals surface area contributed by atoms with E-state index in [9.17, 15) is 0 Å². The predicted molar refractivity (Wildman–Crippen MR) is 74.4 cm³/mol. The Morgan fingerprint density at radius 2 is 2.06 bits per heavy atom. The summed E-state index contributed by atoms with van der Waals surface area (Å²) in [6.45, 7) is 2.11. The molecule has 0 spiro atoms. The maximum atomic E-state index is 6.20. The molecule has 1 aromatic carbocycles. The largest absolute Gasteiger partial charge is 0.383 e. The van der Waals surface area contributed by atoms with E-state index in [1.54, 1.807) is 0 Å². The van der Waals surface area contributed by atoms with Crippen LogP contribution in [-0.4, -0.2) is 9.55 Å². The van der Waals surface area contributed by atoms with Crippen LogP contribution in [0.4, 0.5) is 5.82 Å². The van der Waals surface area contributed by atoms with Crippen LogP contribution in [-0.2, 0) is 13.5 Å². The van der Waals surface area contributed by atoms with Crippen molar-refractivity contribution in [3.8, 4) is 11.3 Å². The molecule has 1 fully saturated rings. The third-order valence-electron chi connectivity index (χ3n) is 3.78. The van der Waals surface area contributed by atoms with E-state index >= 15 is 0 Å². The van der Waals surface area contributed by atoms with Gasteiger partial charge < -0.3 is 10.3 Å². The fraction of sp³-hybridized carbons (Fsp3) is 0.400. The average Bonchev–Trinajstić information content (AvgIpc) is 3.19. The number of rotatable bonds is 3. The van der Waals surface area contributed by atoms with Gasteiger partial charge in [-0.1, -0.05) is 31.2 Å². The fourth-order valence-electron chi connectivity index (χ4n) is 2.54. The van der Waals surface area contributed by atoms with E-state index in [4.69, 9.17) is 10.7 Å². The summed E-state index contributed by atoms with van der Waals surface area (Å²) >= 11 is 0. The van der Waals surface area contributed by atoms with Crippen molar-refractivity contribution in [2.45, 2.75) is 32.1 Å². The smallest absolute Gasteiger partial charge is 0.131 e. The Labute approximate surface area is 108 Å². The van der Waals surface area contributed by atoms with Crippen molar-refractivity contribution >= 4 is 5.82 Å². The van der Waals surface area contributed by atoms with Gasteiger partial charge in [-0.25, -0.2) is 4.98 Å². The SMILES string of the molecule is CCc1nc(-c2ccccc2C2CC2)c(N)n1C. The van der Waals surface area contributed by atoms with Crippen LogP contribution in [0.15, 0.2) is 24.3 Å². The van der Waals surface area contributed by atoms with E-state index in [0.717, 1.165) is 23.8 Å². The fourth-order valence-corrected chi connectivity index (χ4v) is 2.54. The Balaban J connectivity index is 2.15. The molecule has 1 aliphatic rings. The van der Waals surface area contributed by atoms with E-state index in [1.165, 1.54) is 24.0 Å². The van der Waals surface area contributed by atoms with E-state index in [1.807, 2.05) is 11.6 Å². The highest BCUT2D eigenvalue weighted by atomic mass is 15.1. The van der Waals surface area contributed by atoms with E-state index < -0.39 is 0 Å². The van der Waals surface area contributed by atoms with Gasteiger partial charge in [-0.15, -0.1) is 0 Å². The van der Waals surface area contributed by atoms with E-state index in [-0.39, 0.29) is 0 Å². The van der Waals surface area contributed by atoms with Crippen molar-refractivity contribution in [3.05, 3.63) is 35.7 Å². The van der Waals surface area contributed by atoms with Gasteiger partial charge in [0.05, 0.1) is 0 Å². The Hall–Kier alpha value is -1.77. The van der Waals surface area contributed by atoms with Crippen LogP contribution in [0.3, 0.4) is 0 Å². The standard InChI is InChI=1S/C15H19N3/c1-3-13-17-14(15(16)18(13)2)12-7-5-4-6-11(12)10-8-9-10/h4-7,10H,3,8-9,16H2,1-2H3. The Kier molecular flexibility index (Phi) is 2.62. The minimum absolute atomic E-state index is 0.715. The van der Waals surface area contributed by atoms with Crippen molar-refractivity contribution < 1.29 is 0 Å². The number of anilines is 1. The molecule has 1 aromatic heterocycles. The molecule has 2 N–H and O–H groups in total. The molecule has 0 aliphatic heterocycles. The molecule has 3 heteroatoms. The minimum Gasteiger partial charge on any atom is -0.383 e. The Bertz CT molecular complexity index is 579. The first kappa shape index (κ1) is 11.3. The van der Waals surface area contributed by atoms with Crippen LogP contribution in [0.25, 0.3) is 11.3 Å². The van der Waals surface area contributed by atoms with Gasteiger partial charge in [-0.2, -0.15) is 0 Å². The summed E-state index contributed by atoms with van der Waals surface area (Å²) < 4.78 is 2.00. The van der Waals surface area contributed by atoms with Gasteiger partial charge in [0.2, 0.25) is 0 Å². The van der Waals surface area contributed by atoms with Crippen LogP contribution in [0, 0.1) is 0 Å². The highest BCUT2D eigenvalue weighted by Gasteiger charge is 2.27. The molecule has 1 aliphatic carbocycles. The van der Waals surface area contributed by atoms with Gasteiger partial charge in [0.1, 0.15) is 17.3 Å². The average molecular weight is 241 g/mol. The van der Waals surface area contributed by atoms with Crippen molar-refractivity contribution in [1.82, 2.24) is 9.55 Å². The predicted octanol–water partition coefficient (Wildman–Crippen LogP) is 3.11. The molecule has 0 atom stereocenters. The third-order valence-corrected chi connectivity index (χ3v) is 3.78. The monoisotopic (exact) mass is 241 g/mol. The number of hydrogen-bond acceptors (Lipinski definition) is 2. The van der Waals surface area contributed by atoms with Gasteiger partial charge in [0, 0.05) is 19.0 Å². The summed E-state index contributed by atoms with van der Waals surface area (Å²) in [6.07, 6.45) is 3.50. The number of aromatic nitrogens is 2. The van der Waals surface area contributed by atoms with Crippen LogP contribution >= 0.6 is 0 Å². The second kappa shape index (κ2) is 4.16. The van der Waals surface area contributed by atoms with Crippen LogP contribution in [0.1, 0.15) is 37.1 Å². The number of benzene rings is 1. The summed E-state index contributed by atoms with van der Waals surface area (Å²) in [6, 6.07) is 8.54. The highest BCUT2D eigenvalue weighted by Crippen LogP contribution is 2.44. The molecular weight excluding hydrogens is 222 g/mol. The zero-order valence-corrected chi connectivity index (χ0v) is 11.0. The summed E-state index contributed by atoms with van der Waals surface area (Å²) in [5, 5.41) is 0. The lowest BCUT2D eigenvalue weighted by Gasteiger charge is -2.07. The van der Waals surface area contributed by atoms with Crippen molar-refractivity contribution in [2.75, 3.05) is 5.73 Å². The molecule has 18 heavy (non-hydrogen) atoms. The minimum atomic E-state index is 0.715.